The molecule has 0 saturated carbocycles. The van der Waals surface area contributed by atoms with E-state index in [1.54, 1.807) is 0 Å². The summed E-state index contributed by atoms with van der Waals surface area (Å²) in [6.45, 7) is 4.93. The van der Waals surface area contributed by atoms with Gasteiger partial charge >= 0.3 is 5.97 Å². The number of esters is 1. The van der Waals surface area contributed by atoms with Gasteiger partial charge in [-0.05, 0) is 25.6 Å². The second-order valence-corrected chi connectivity index (χ2v) is 5.18. The van der Waals surface area contributed by atoms with E-state index in [1.807, 2.05) is 13.8 Å². The van der Waals surface area contributed by atoms with Crippen molar-refractivity contribution in [3.63, 3.8) is 0 Å². The first kappa shape index (κ1) is 9.27. The summed E-state index contributed by atoms with van der Waals surface area (Å²) >= 11 is 6.69. The number of thiocarbonyl (C=S) groups is 1. The number of carbonyl (C=O) groups excluding carboxylic acids is 1. The van der Waals surface area contributed by atoms with Gasteiger partial charge in [0.05, 0.1) is 12.0 Å². The second kappa shape index (κ2) is 2.85. The molecule has 2 heterocycles. The Morgan fingerprint density at radius 3 is 3.15 bits per heavy atom. The number of likely N-dealkylation sites (N-methyl/N-ethyl adjacent to an activating group) is 1. The minimum Gasteiger partial charge on any atom is -0.448 e. The summed E-state index contributed by atoms with van der Waals surface area (Å²) in [5.74, 6) is -0.110. The highest BCUT2D eigenvalue weighted by atomic mass is 32.2. The van der Waals surface area contributed by atoms with Crippen molar-refractivity contribution in [3.8, 4) is 0 Å². The highest BCUT2D eigenvalue weighted by Crippen LogP contribution is 2.46. The highest BCUT2D eigenvalue weighted by molar-refractivity contribution is 8.23. The summed E-state index contributed by atoms with van der Waals surface area (Å²) in [6.07, 6.45) is 0.457. The Kier molecular flexibility index (Phi) is 2.03. The number of thioether (sulfide) groups is 1. The van der Waals surface area contributed by atoms with Crippen LogP contribution in [0, 0.1) is 0 Å². The van der Waals surface area contributed by atoms with Crippen molar-refractivity contribution < 1.29 is 9.53 Å². The molecular weight excluding hydrogens is 206 g/mol. The van der Waals surface area contributed by atoms with Gasteiger partial charge in [0.1, 0.15) is 4.32 Å². The lowest BCUT2D eigenvalue weighted by Crippen LogP contribution is -2.45. The number of ether oxygens (including phenoxy) is 1. The Balaban J connectivity index is 2.31. The molecule has 2 saturated heterocycles. The van der Waals surface area contributed by atoms with Gasteiger partial charge < -0.3 is 9.64 Å². The molecule has 5 heteroatoms. The van der Waals surface area contributed by atoms with Gasteiger partial charge in [0.25, 0.3) is 0 Å². The van der Waals surface area contributed by atoms with E-state index in [1.165, 1.54) is 11.8 Å². The number of nitrogens with zero attached hydrogens (tertiary/aromatic N) is 1. The lowest BCUT2D eigenvalue weighted by Gasteiger charge is -2.31. The molecule has 72 valence electrons. The third-order valence-corrected chi connectivity index (χ3v) is 4.36. The highest BCUT2D eigenvalue weighted by Gasteiger charge is 2.55. The summed E-state index contributed by atoms with van der Waals surface area (Å²) in [5, 5.41) is 0. The third-order valence-electron chi connectivity index (χ3n) is 2.61. The topological polar surface area (TPSA) is 29.5 Å². The molecule has 0 aromatic heterocycles. The minimum absolute atomic E-state index is 0.0903. The maximum atomic E-state index is 11.1. The van der Waals surface area contributed by atoms with Crippen molar-refractivity contribution >= 4 is 34.3 Å². The lowest BCUT2D eigenvalue weighted by atomic mass is 9.99. The predicted molar refractivity (Wildman–Crippen MR) is 55.5 cm³/mol. The van der Waals surface area contributed by atoms with Crippen LogP contribution >= 0.6 is 24.0 Å². The fourth-order valence-corrected chi connectivity index (χ4v) is 3.76. The largest absolute Gasteiger partial charge is 0.448 e. The molecule has 0 unspecified atom stereocenters. The average molecular weight is 217 g/mol. The normalized spacial score (nSPS) is 38.0. The molecule has 0 bridgehead atoms. The first-order valence-electron chi connectivity index (χ1n) is 4.25. The zero-order valence-corrected chi connectivity index (χ0v) is 9.20. The van der Waals surface area contributed by atoms with Gasteiger partial charge in [0, 0.05) is 6.54 Å². The molecule has 0 radical (unpaired) electrons. The molecule has 2 atom stereocenters. The van der Waals surface area contributed by atoms with Crippen LogP contribution in [0.4, 0.5) is 0 Å². The van der Waals surface area contributed by atoms with Crippen molar-refractivity contribution in [3.05, 3.63) is 0 Å². The summed E-state index contributed by atoms with van der Waals surface area (Å²) in [7, 11) is 0. The molecule has 0 amide bonds. The molecule has 3 nitrogen and oxygen atoms in total. The molecule has 0 spiro atoms. The van der Waals surface area contributed by atoms with Gasteiger partial charge in [-0.15, -0.1) is 0 Å². The Morgan fingerprint density at radius 2 is 2.54 bits per heavy atom. The van der Waals surface area contributed by atoms with Crippen LogP contribution in [0.1, 0.15) is 20.3 Å². The smallest absolute Gasteiger partial charge is 0.309 e. The van der Waals surface area contributed by atoms with E-state index in [2.05, 4.69) is 4.90 Å². The molecule has 0 aromatic carbocycles. The molecule has 2 aliphatic heterocycles. The standard InChI is InChI=1S/C8H11NO2S2/c1-3-9-7(12)13-6-8(9,2)4-5(10)11-6/h6H,3-4H2,1-2H3/t6-,8-/m0/s1. The monoisotopic (exact) mass is 217 g/mol. The third kappa shape index (κ3) is 1.17. The van der Waals surface area contributed by atoms with Gasteiger partial charge in [-0.2, -0.15) is 0 Å². The second-order valence-electron chi connectivity index (χ2n) is 3.48. The zero-order valence-electron chi connectivity index (χ0n) is 7.57. The van der Waals surface area contributed by atoms with Gasteiger partial charge in [0.2, 0.25) is 0 Å². The summed E-state index contributed by atoms with van der Waals surface area (Å²) < 4.78 is 6.04. The van der Waals surface area contributed by atoms with Crippen LogP contribution in [0.15, 0.2) is 0 Å². The Morgan fingerprint density at radius 1 is 1.85 bits per heavy atom. The van der Waals surface area contributed by atoms with E-state index in [0.717, 1.165) is 10.9 Å². The lowest BCUT2D eigenvalue weighted by molar-refractivity contribution is -0.138. The van der Waals surface area contributed by atoms with Gasteiger partial charge in [-0.1, -0.05) is 12.2 Å². The maximum Gasteiger partial charge on any atom is 0.309 e. The van der Waals surface area contributed by atoms with Crippen LogP contribution in [0.2, 0.25) is 0 Å². The summed E-state index contributed by atoms with van der Waals surface area (Å²) in [5.41, 5.74) is -0.291. The van der Waals surface area contributed by atoms with Crippen molar-refractivity contribution in [1.82, 2.24) is 4.90 Å². The predicted octanol–water partition coefficient (Wildman–Crippen LogP) is 1.37. The molecule has 2 rings (SSSR count). The number of rotatable bonds is 1. The number of hydrogen-bond donors (Lipinski definition) is 0. The van der Waals surface area contributed by atoms with Crippen molar-refractivity contribution in [2.24, 2.45) is 0 Å². The van der Waals surface area contributed by atoms with E-state index < -0.39 is 0 Å². The van der Waals surface area contributed by atoms with Crippen molar-refractivity contribution in [1.29, 1.82) is 0 Å². The summed E-state index contributed by atoms with van der Waals surface area (Å²) in [6, 6.07) is 0. The molecular formula is C8H11NO2S2. The molecule has 0 N–H and O–H groups in total. The van der Waals surface area contributed by atoms with Crippen LogP contribution in [0.3, 0.4) is 0 Å². The van der Waals surface area contributed by atoms with Crippen LogP contribution in [-0.4, -0.2) is 32.7 Å². The quantitative estimate of drug-likeness (QED) is 0.489. The molecule has 2 aliphatic rings. The van der Waals surface area contributed by atoms with Crippen LogP contribution in [-0.2, 0) is 9.53 Å². The van der Waals surface area contributed by atoms with E-state index in [9.17, 15) is 4.79 Å². The van der Waals surface area contributed by atoms with E-state index in [0.29, 0.717) is 6.42 Å². The van der Waals surface area contributed by atoms with Crippen LogP contribution in [0.25, 0.3) is 0 Å². The molecule has 2 fully saturated rings. The first-order chi connectivity index (χ1) is 6.08. The fraction of sp³-hybridized carbons (Fsp3) is 0.750. The minimum atomic E-state index is -0.201. The van der Waals surface area contributed by atoms with Crippen molar-refractivity contribution in [2.75, 3.05) is 6.54 Å². The van der Waals surface area contributed by atoms with Gasteiger partial charge in [-0.25, -0.2) is 0 Å². The number of carbonyl (C=O) groups is 1. The fourth-order valence-electron chi connectivity index (χ4n) is 1.89. The SMILES string of the molecule is CCN1C(=S)S[C@@H]2OC(=O)C[C@@]21C. The Bertz CT molecular complexity index is 281. The number of fused-ring (bicyclic) bond motifs is 1. The molecule has 13 heavy (non-hydrogen) atoms. The Labute approximate surface area is 86.8 Å². The van der Waals surface area contributed by atoms with Gasteiger partial charge in [-0.3, -0.25) is 4.79 Å². The summed E-state index contributed by atoms with van der Waals surface area (Å²) in [4.78, 5) is 13.2. The van der Waals surface area contributed by atoms with Crippen molar-refractivity contribution in [2.45, 2.75) is 31.2 Å². The van der Waals surface area contributed by atoms with Gasteiger partial charge in [0.15, 0.2) is 5.44 Å². The van der Waals surface area contributed by atoms with E-state index in [4.69, 9.17) is 17.0 Å². The zero-order chi connectivity index (χ0) is 9.64. The maximum absolute atomic E-state index is 11.1. The average Bonchev–Trinajstić information content (AvgIpc) is 2.37. The van der Waals surface area contributed by atoms with Crippen LogP contribution in [0.5, 0.6) is 0 Å². The Hall–Kier alpha value is -0.290. The van der Waals surface area contributed by atoms with Crippen LogP contribution < -0.4 is 0 Å². The molecule has 0 aromatic rings. The van der Waals surface area contributed by atoms with E-state index in [-0.39, 0.29) is 16.9 Å². The molecule has 0 aliphatic carbocycles. The number of hydrogen-bond acceptors (Lipinski definition) is 4. The first-order valence-corrected chi connectivity index (χ1v) is 5.54. The van der Waals surface area contributed by atoms with E-state index >= 15 is 0 Å².